The summed E-state index contributed by atoms with van der Waals surface area (Å²) < 4.78 is 4.92. The minimum atomic E-state index is 1.13. The fraction of sp³-hybridized carbons (Fsp3) is 0. The Morgan fingerprint density at radius 3 is 1.22 bits per heavy atom. The van der Waals surface area contributed by atoms with Crippen molar-refractivity contribution in [2.75, 3.05) is 0 Å². The van der Waals surface area contributed by atoms with E-state index in [0.29, 0.717) is 0 Å². The van der Waals surface area contributed by atoms with Gasteiger partial charge in [0.1, 0.15) is 0 Å². The molecule has 0 unspecified atom stereocenters. The predicted octanol–water partition coefficient (Wildman–Crippen LogP) is 17.9. The van der Waals surface area contributed by atoms with Gasteiger partial charge in [-0.3, -0.25) is 0 Å². The van der Waals surface area contributed by atoms with E-state index in [4.69, 9.17) is 0 Å². The highest BCUT2D eigenvalue weighted by Gasteiger charge is 2.20. The number of para-hydroxylation sites is 1. The quantitative estimate of drug-likeness (QED) is 0.144. The van der Waals surface area contributed by atoms with Crippen LogP contribution in [-0.4, -0.2) is 9.13 Å². The molecule has 0 atom stereocenters. The SMILES string of the molecule is c1ccc(-c2cccc(-c3cccc4c3c3cc(-c5ccc6c(c5)c5cc(-c7ccccc7)ccc5n6-c5ccccc5-c5ccccc5)ccc3n4-c3cccc(-c4ccccc4)c3)c2)cc1. The number of fused-ring (bicyclic) bond motifs is 6. The smallest absolute Gasteiger partial charge is 0.0547 e. The molecule has 0 saturated carbocycles. The maximum Gasteiger partial charge on any atom is 0.0547 e. The van der Waals surface area contributed by atoms with Gasteiger partial charge in [0.25, 0.3) is 0 Å². The number of rotatable bonds is 8. The molecule has 0 amide bonds. The molecule has 0 fully saturated rings. The summed E-state index contributed by atoms with van der Waals surface area (Å²) in [6.45, 7) is 0. The van der Waals surface area contributed by atoms with E-state index in [1.54, 1.807) is 0 Å². The molecule has 0 aliphatic carbocycles. The molecule has 0 aliphatic heterocycles. The highest BCUT2D eigenvalue weighted by Crippen LogP contribution is 2.44. The van der Waals surface area contributed by atoms with Crippen LogP contribution >= 0.6 is 0 Å². The molecule has 0 aliphatic rings. The van der Waals surface area contributed by atoms with Gasteiger partial charge in [0.2, 0.25) is 0 Å². The minimum Gasteiger partial charge on any atom is -0.309 e. The molecule has 68 heavy (non-hydrogen) atoms. The second kappa shape index (κ2) is 16.5. The van der Waals surface area contributed by atoms with Crippen molar-refractivity contribution in [1.29, 1.82) is 0 Å². The molecule has 11 aromatic carbocycles. The number of aromatic nitrogens is 2. The maximum absolute atomic E-state index is 2.46. The molecule has 2 nitrogen and oxygen atoms in total. The van der Waals surface area contributed by atoms with Crippen LogP contribution in [0.5, 0.6) is 0 Å². The van der Waals surface area contributed by atoms with Crippen molar-refractivity contribution in [3.63, 3.8) is 0 Å². The zero-order valence-electron chi connectivity index (χ0n) is 37.3. The van der Waals surface area contributed by atoms with Gasteiger partial charge in [-0.15, -0.1) is 0 Å². The largest absolute Gasteiger partial charge is 0.309 e. The number of nitrogens with zero attached hydrogens (tertiary/aromatic N) is 2. The van der Waals surface area contributed by atoms with E-state index in [9.17, 15) is 0 Å². The van der Waals surface area contributed by atoms with Gasteiger partial charge in [0, 0.05) is 32.8 Å². The first-order valence-electron chi connectivity index (χ1n) is 23.4. The van der Waals surface area contributed by atoms with Gasteiger partial charge in [-0.1, -0.05) is 200 Å². The average molecular weight is 865 g/mol. The molecule has 318 valence electrons. The van der Waals surface area contributed by atoms with Gasteiger partial charge < -0.3 is 9.13 Å². The van der Waals surface area contributed by atoms with Gasteiger partial charge in [-0.2, -0.15) is 0 Å². The van der Waals surface area contributed by atoms with Crippen LogP contribution in [0.2, 0.25) is 0 Å². The highest BCUT2D eigenvalue weighted by atomic mass is 15.0. The standard InChI is InChI=1S/C66H44N2/c1-5-18-45(19-6-1)49-26-15-28-54(40-49)57-31-17-33-65-66(57)60-44-53(36-39-64(60)67(65)55-29-16-27-50(41-55)46-20-7-2-8-21-46)52-35-38-63-59(43-52)58-42-51(47-22-9-3-10-23-47)34-37-62(58)68(63)61-32-14-13-30-56(61)48-24-11-4-12-25-48/h1-44H. The highest BCUT2D eigenvalue weighted by molar-refractivity contribution is 6.17. The topological polar surface area (TPSA) is 9.86 Å². The van der Waals surface area contributed by atoms with Crippen molar-refractivity contribution in [3.8, 4) is 78.1 Å². The first kappa shape index (κ1) is 39.4. The summed E-state index contributed by atoms with van der Waals surface area (Å²) in [5.74, 6) is 0. The van der Waals surface area contributed by atoms with Crippen LogP contribution in [0.15, 0.2) is 267 Å². The van der Waals surface area contributed by atoms with Gasteiger partial charge in [-0.05, 0) is 128 Å². The van der Waals surface area contributed by atoms with Crippen molar-refractivity contribution in [2.45, 2.75) is 0 Å². The van der Waals surface area contributed by atoms with Crippen LogP contribution < -0.4 is 0 Å². The molecule has 0 N–H and O–H groups in total. The number of hydrogen-bond acceptors (Lipinski definition) is 0. The lowest BCUT2D eigenvalue weighted by molar-refractivity contribution is 1.18. The lowest BCUT2D eigenvalue weighted by Gasteiger charge is -2.14. The average Bonchev–Trinajstić information content (AvgIpc) is 3.94. The lowest BCUT2D eigenvalue weighted by Crippen LogP contribution is -1.97. The third-order valence-electron chi connectivity index (χ3n) is 13.7. The van der Waals surface area contributed by atoms with Gasteiger partial charge in [0.05, 0.1) is 27.8 Å². The molecular weight excluding hydrogens is 821 g/mol. The third kappa shape index (κ3) is 6.73. The molecule has 2 heterocycles. The van der Waals surface area contributed by atoms with Crippen LogP contribution in [0.1, 0.15) is 0 Å². The first-order valence-corrected chi connectivity index (χ1v) is 23.4. The fourth-order valence-corrected chi connectivity index (χ4v) is 10.5. The monoisotopic (exact) mass is 864 g/mol. The summed E-state index contributed by atoms with van der Waals surface area (Å²) in [5, 5.41) is 4.90. The Morgan fingerprint density at radius 1 is 0.206 bits per heavy atom. The lowest BCUT2D eigenvalue weighted by atomic mass is 9.95. The molecule has 13 aromatic rings. The summed E-state index contributed by atoms with van der Waals surface area (Å²) in [5.41, 5.74) is 21.4. The predicted molar refractivity (Wildman–Crippen MR) is 288 cm³/mol. The molecule has 0 radical (unpaired) electrons. The molecule has 0 spiro atoms. The Kier molecular flexibility index (Phi) is 9.54. The second-order valence-corrected chi connectivity index (χ2v) is 17.7. The van der Waals surface area contributed by atoms with Gasteiger partial charge >= 0.3 is 0 Å². The van der Waals surface area contributed by atoms with Crippen LogP contribution in [0, 0.1) is 0 Å². The zero-order chi connectivity index (χ0) is 45.0. The van der Waals surface area contributed by atoms with E-state index in [2.05, 4.69) is 276 Å². The summed E-state index contributed by atoms with van der Waals surface area (Å²) >= 11 is 0. The molecular formula is C66H44N2. The van der Waals surface area contributed by atoms with Crippen LogP contribution in [-0.2, 0) is 0 Å². The Hall–Kier alpha value is -8.98. The third-order valence-corrected chi connectivity index (χ3v) is 13.7. The first-order chi connectivity index (χ1) is 33.7. The Bertz CT molecular complexity index is 3990. The molecule has 0 bridgehead atoms. The Labute approximate surface area is 395 Å². The summed E-state index contributed by atoms with van der Waals surface area (Å²) in [7, 11) is 0. The van der Waals surface area contributed by atoms with Crippen molar-refractivity contribution in [2.24, 2.45) is 0 Å². The Morgan fingerprint density at radius 2 is 0.618 bits per heavy atom. The van der Waals surface area contributed by atoms with Gasteiger partial charge in [-0.25, -0.2) is 0 Å². The Balaban J connectivity index is 1.04. The van der Waals surface area contributed by atoms with Crippen molar-refractivity contribution >= 4 is 43.6 Å². The fourth-order valence-electron chi connectivity index (χ4n) is 10.5. The maximum atomic E-state index is 2.46. The molecule has 0 saturated heterocycles. The van der Waals surface area contributed by atoms with E-state index in [1.165, 1.54) is 110 Å². The summed E-state index contributed by atoms with van der Waals surface area (Å²) in [6, 6.07) is 97.5. The van der Waals surface area contributed by atoms with Crippen molar-refractivity contribution < 1.29 is 0 Å². The van der Waals surface area contributed by atoms with Gasteiger partial charge in [0.15, 0.2) is 0 Å². The van der Waals surface area contributed by atoms with E-state index < -0.39 is 0 Å². The second-order valence-electron chi connectivity index (χ2n) is 17.7. The molecule has 2 aromatic heterocycles. The molecule has 13 rings (SSSR count). The van der Waals surface area contributed by atoms with Crippen LogP contribution in [0.3, 0.4) is 0 Å². The van der Waals surface area contributed by atoms with Crippen LogP contribution in [0.25, 0.3) is 122 Å². The number of hydrogen-bond donors (Lipinski definition) is 0. The van der Waals surface area contributed by atoms with Crippen LogP contribution in [0.4, 0.5) is 0 Å². The number of benzene rings is 11. The minimum absolute atomic E-state index is 1.13. The summed E-state index contributed by atoms with van der Waals surface area (Å²) in [6.07, 6.45) is 0. The summed E-state index contributed by atoms with van der Waals surface area (Å²) in [4.78, 5) is 0. The van der Waals surface area contributed by atoms with E-state index >= 15 is 0 Å². The van der Waals surface area contributed by atoms with E-state index in [0.717, 1.165) is 11.4 Å². The van der Waals surface area contributed by atoms with E-state index in [1.807, 2.05) is 0 Å². The molecule has 2 heteroatoms. The van der Waals surface area contributed by atoms with Crippen molar-refractivity contribution in [3.05, 3.63) is 267 Å². The van der Waals surface area contributed by atoms with Crippen molar-refractivity contribution in [1.82, 2.24) is 9.13 Å². The van der Waals surface area contributed by atoms with E-state index in [-0.39, 0.29) is 0 Å². The zero-order valence-corrected chi connectivity index (χ0v) is 37.3. The normalized spacial score (nSPS) is 11.5.